The average molecular weight is 260 g/mol. The van der Waals surface area contributed by atoms with Crippen LogP contribution in [-0.4, -0.2) is 43.8 Å². The van der Waals surface area contributed by atoms with Crippen molar-refractivity contribution < 1.29 is 19.1 Å². The second-order valence-electron chi connectivity index (χ2n) is 4.74. The van der Waals surface area contributed by atoms with Crippen molar-refractivity contribution in [2.75, 3.05) is 13.7 Å². The average Bonchev–Trinajstić information content (AvgIpc) is 2.31. The first-order valence-electron chi connectivity index (χ1n) is 6.05. The predicted molar refractivity (Wildman–Crippen MR) is 67.8 cm³/mol. The lowest BCUT2D eigenvalue weighted by atomic mass is 10.0. The van der Waals surface area contributed by atoms with E-state index >= 15 is 0 Å². The zero-order valence-corrected chi connectivity index (χ0v) is 11.7. The van der Waals surface area contributed by atoms with Crippen LogP contribution in [0.15, 0.2) is 0 Å². The van der Waals surface area contributed by atoms with Crippen LogP contribution in [-0.2, 0) is 19.1 Å². The van der Waals surface area contributed by atoms with Gasteiger partial charge >= 0.3 is 5.97 Å². The van der Waals surface area contributed by atoms with E-state index in [0.29, 0.717) is 0 Å². The van der Waals surface area contributed by atoms with Gasteiger partial charge in [-0.2, -0.15) is 0 Å². The summed E-state index contributed by atoms with van der Waals surface area (Å²) >= 11 is 0. The second kappa shape index (κ2) is 8.05. The number of amides is 1. The second-order valence-corrected chi connectivity index (χ2v) is 4.74. The van der Waals surface area contributed by atoms with Crippen molar-refractivity contribution in [3.8, 4) is 0 Å². The highest BCUT2D eigenvalue weighted by Crippen LogP contribution is 2.00. The maximum absolute atomic E-state index is 11.8. The maximum Gasteiger partial charge on any atom is 0.330 e. The summed E-state index contributed by atoms with van der Waals surface area (Å²) in [6, 6.07) is -1.48. The monoisotopic (exact) mass is 260 g/mol. The lowest BCUT2D eigenvalue weighted by Crippen LogP contribution is -2.52. The molecule has 2 atom stereocenters. The van der Waals surface area contributed by atoms with E-state index in [2.05, 4.69) is 10.1 Å². The van der Waals surface area contributed by atoms with Crippen LogP contribution in [0.25, 0.3) is 0 Å². The number of hydrogen-bond donors (Lipinski definition) is 2. The Kier molecular flexibility index (Phi) is 7.54. The fourth-order valence-corrected chi connectivity index (χ4v) is 1.17. The zero-order chi connectivity index (χ0) is 14.3. The number of ether oxygens (including phenoxy) is 2. The Morgan fingerprint density at radius 2 is 1.78 bits per heavy atom. The molecule has 106 valence electrons. The lowest BCUT2D eigenvalue weighted by molar-refractivity contribution is -0.147. The van der Waals surface area contributed by atoms with Crippen molar-refractivity contribution in [2.45, 2.75) is 45.9 Å². The van der Waals surface area contributed by atoms with Crippen molar-refractivity contribution in [1.29, 1.82) is 0 Å². The molecule has 6 nitrogen and oxygen atoms in total. The molecule has 0 saturated heterocycles. The molecular formula is C12H24N2O4. The third-order valence-corrected chi connectivity index (χ3v) is 2.42. The van der Waals surface area contributed by atoms with Crippen molar-refractivity contribution in [3.05, 3.63) is 0 Å². The molecule has 3 N–H and O–H groups in total. The summed E-state index contributed by atoms with van der Waals surface area (Å²) in [5.74, 6) is -0.929. The third kappa shape index (κ3) is 5.97. The smallest absolute Gasteiger partial charge is 0.330 e. The normalized spacial score (nSPS) is 14.4. The predicted octanol–water partition coefficient (Wildman–Crippen LogP) is 0.0525. The molecule has 0 aliphatic carbocycles. The highest BCUT2D eigenvalue weighted by atomic mass is 16.5. The summed E-state index contributed by atoms with van der Waals surface area (Å²) in [6.07, 6.45) is -0.0344. The van der Waals surface area contributed by atoms with Gasteiger partial charge in [0, 0.05) is 0 Å². The van der Waals surface area contributed by atoms with Crippen LogP contribution in [0.4, 0.5) is 0 Å². The van der Waals surface area contributed by atoms with Gasteiger partial charge in [0.15, 0.2) is 6.04 Å². The molecule has 0 spiro atoms. The van der Waals surface area contributed by atoms with Gasteiger partial charge in [0.1, 0.15) is 0 Å². The van der Waals surface area contributed by atoms with Crippen LogP contribution in [0, 0.1) is 5.92 Å². The van der Waals surface area contributed by atoms with Gasteiger partial charge in [0.05, 0.1) is 25.9 Å². The van der Waals surface area contributed by atoms with E-state index < -0.39 is 18.1 Å². The Morgan fingerprint density at radius 1 is 1.22 bits per heavy atom. The number of carbonyl (C=O) groups excluding carboxylic acids is 2. The molecule has 0 heterocycles. The SMILES string of the molecule is COC(=O)C(COC(C)C)NC(=O)C(N)C(C)C. The summed E-state index contributed by atoms with van der Waals surface area (Å²) in [6.45, 7) is 7.43. The molecular weight excluding hydrogens is 236 g/mol. The minimum atomic E-state index is -0.824. The van der Waals surface area contributed by atoms with Crippen molar-refractivity contribution >= 4 is 11.9 Å². The molecule has 0 aromatic rings. The first-order valence-corrected chi connectivity index (χ1v) is 6.05. The molecule has 0 aliphatic rings. The highest BCUT2D eigenvalue weighted by molar-refractivity contribution is 5.87. The first kappa shape index (κ1) is 16.9. The number of esters is 1. The minimum Gasteiger partial charge on any atom is -0.467 e. The Labute approximate surface area is 108 Å². The summed E-state index contributed by atoms with van der Waals surface area (Å²) in [7, 11) is 1.26. The summed E-state index contributed by atoms with van der Waals surface area (Å²) in [5, 5.41) is 2.54. The van der Waals surface area contributed by atoms with Gasteiger partial charge < -0.3 is 20.5 Å². The van der Waals surface area contributed by atoms with E-state index in [9.17, 15) is 9.59 Å². The minimum absolute atomic E-state index is 0.00526. The zero-order valence-electron chi connectivity index (χ0n) is 11.7. The first-order chi connectivity index (χ1) is 8.29. The molecule has 0 saturated carbocycles. The van der Waals surface area contributed by atoms with E-state index in [4.69, 9.17) is 10.5 Å². The molecule has 0 aromatic heterocycles. The van der Waals surface area contributed by atoms with E-state index in [-0.39, 0.29) is 24.5 Å². The Morgan fingerprint density at radius 3 is 2.17 bits per heavy atom. The molecule has 2 unspecified atom stereocenters. The van der Waals surface area contributed by atoms with E-state index in [0.717, 1.165) is 0 Å². The fourth-order valence-electron chi connectivity index (χ4n) is 1.17. The Balaban J connectivity index is 4.49. The van der Waals surface area contributed by atoms with Gasteiger partial charge in [-0.05, 0) is 19.8 Å². The Bertz CT molecular complexity index is 279. The fraction of sp³-hybridized carbons (Fsp3) is 0.833. The maximum atomic E-state index is 11.8. The van der Waals surface area contributed by atoms with Crippen molar-refractivity contribution in [3.63, 3.8) is 0 Å². The van der Waals surface area contributed by atoms with Gasteiger partial charge in [-0.3, -0.25) is 4.79 Å². The van der Waals surface area contributed by atoms with Gasteiger partial charge in [-0.25, -0.2) is 4.79 Å². The summed E-state index contributed by atoms with van der Waals surface area (Å²) in [5.41, 5.74) is 5.70. The van der Waals surface area contributed by atoms with Crippen LogP contribution in [0.1, 0.15) is 27.7 Å². The molecule has 1 amide bonds. The van der Waals surface area contributed by atoms with Crippen LogP contribution >= 0.6 is 0 Å². The number of hydrogen-bond acceptors (Lipinski definition) is 5. The molecule has 18 heavy (non-hydrogen) atoms. The van der Waals surface area contributed by atoms with E-state index in [1.807, 2.05) is 27.7 Å². The van der Waals surface area contributed by atoms with Gasteiger partial charge in [-0.15, -0.1) is 0 Å². The largest absolute Gasteiger partial charge is 0.467 e. The number of nitrogens with one attached hydrogen (secondary N) is 1. The number of rotatable bonds is 7. The van der Waals surface area contributed by atoms with Crippen LogP contribution in [0.5, 0.6) is 0 Å². The molecule has 0 bridgehead atoms. The van der Waals surface area contributed by atoms with Gasteiger partial charge in [0.2, 0.25) is 5.91 Å². The van der Waals surface area contributed by atoms with E-state index in [1.54, 1.807) is 0 Å². The summed E-state index contributed by atoms with van der Waals surface area (Å²) in [4.78, 5) is 23.3. The molecule has 0 aliphatic heterocycles. The van der Waals surface area contributed by atoms with Gasteiger partial charge in [-0.1, -0.05) is 13.8 Å². The van der Waals surface area contributed by atoms with Crippen molar-refractivity contribution in [2.24, 2.45) is 11.7 Å². The van der Waals surface area contributed by atoms with Crippen LogP contribution in [0.2, 0.25) is 0 Å². The standard InChI is InChI=1S/C12H24N2O4/c1-7(2)10(13)11(15)14-9(12(16)17-5)6-18-8(3)4/h7-10H,6,13H2,1-5H3,(H,14,15). The highest BCUT2D eigenvalue weighted by Gasteiger charge is 2.26. The topological polar surface area (TPSA) is 90.6 Å². The molecule has 0 rings (SSSR count). The number of carbonyl (C=O) groups is 2. The number of nitrogens with two attached hydrogens (primary N) is 1. The summed E-state index contributed by atoms with van der Waals surface area (Å²) < 4.78 is 9.92. The lowest BCUT2D eigenvalue weighted by Gasteiger charge is -2.21. The van der Waals surface area contributed by atoms with E-state index in [1.165, 1.54) is 7.11 Å². The van der Waals surface area contributed by atoms with Gasteiger partial charge in [0.25, 0.3) is 0 Å². The van der Waals surface area contributed by atoms with Crippen LogP contribution in [0.3, 0.4) is 0 Å². The molecule has 0 aromatic carbocycles. The van der Waals surface area contributed by atoms with Crippen LogP contribution < -0.4 is 11.1 Å². The van der Waals surface area contributed by atoms with Crippen molar-refractivity contribution in [1.82, 2.24) is 5.32 Å². The molecule has 0 fully saturated rings. The molecule has 0 radical (unpaired) electrons. The molecule has 6 heteroatoms. The quantitative estimate of drug-likeness (QED) is 0.631. The third-order valence-electron chi connectivity index (χ3n) is 2.42. The number of methoxy groups -OCH3 is 1. The Hall–Kier alpha value is -1.14.